The van der Waals surface area contributed by atoms with E-state index < -0.39 is 0 Å². The van der Waals surface area contributed by atoms with Crippen LogP contribution in [0.25, 0.3) is 77.7 Å². The molecular weight excluding hydrogens is 589 g/mol. The van der Waals surface area contributed by atoms with Gasteiger partial charge in [0.25, 0.3) is 0 Å². The minimum atomic E-state index is -0.204. The largest absolute Gasteiger partial charge is 0.279 e. The van der Waals surface area contributed by atoms with Crippen LogP contribution >= 0.6 is 0 Å². The van der Waals surface area contributed by atoms with Gasteiger partial charge in [-0.1, -0.05) is 108 Å². The van der Waals surface area contributed by atoms with Gasteiger partial charge in [0, 0.05) is 27.3 Å². The van der Waals surface area contributed by atoms with Crippen LogP contribution in [-0.4, -0.2) is 28.7 Å². The molecule has 9 rings (SSSR count). The highest BCUT2D eigenvalue weighted by Crippen LogP contribution is 2.37. The monoisotopic (exact) mass is 624 g/mol. The van der Waals surface area contributed by atoms with E-state index in [1.165, 1.54) is 5.56 Å². The van der Waals surface area contributed by atoms with Crippen LogP contribution in [0.4, 0.5) is 0 Å². The van der Waals surface area contributed by atoms with E-state index in [1.807, 2.05) is 12.1 Å². The molecule has 48 heavy (non-hydrogen) atoms. The van der Waals surface area contributed by atoms with Crippen LogP contribution in [0.15, 0.2) is 109 Å². The molecule has 6 heteroatoms. The molecule has 0 aliphatic rings. The summed E-state index contributed by atoms with van der Waals surface area (Å²) >= 11 is 0. The molecule has 5 aromatic carbocycles. The molecule has 0 bridgehead atoms. The van der Waals surface area contributed by atoms with E-state index in [-0.39, 0.29) is 10.8 Å². The van der Waals surface area contributed by atoms with Crippen molar-refractivity contribution in [2.75, 3.05) is 0 Å². The van der Waals surface area contributed by atoms with Gasteiger partial charge in [0.2, 0.25) is 0 Å². The zero-order valence-electron chi connectivity index (χ0n) is 28.1. The van der Waals surface area contributed by atoms with Crippen LogP contribution in [0.2, 0.25) is 0 Å². The third-order valence-electron chi connectivity index (χ3n) is 9.50. The molecule has 4 heterocycles. The maximum Gasteiger partial charge on any atom is 0.149 e. The number of benzene rings is 5. The molecule has 0 aliphatic heterocycles. The number of aromatic nitrogens is 6. The van der Waals surface area contributed by atoms with E-state index in [0.717, 1.165) is 83.5 Å². The van der Waals surface area contributed by atoms with Crippen LogP contribution in [0.5, 0.6) is 0 Å². The second-order valence-corrected chi connectivity index (χ2v) is 14.9. The molecule has 234 valence electrons. The first-order valence-electron chi connectivity index (χ1n) is 16.6. The fourth-order valence-electron chi connectivity index (χ4n) is 7.04. The van der Waals surface area contributed by atoms with Gasteiger partial charge in [0.05, 0.1) is 33.1 Å². The lowest BCUT2D eigenvalue weighted by molar-refractivity contribution is 0.542. The molecule has 0 fully saturated rings. The quantitative estimate of drug-likeness (QED) is 0.192. The number of hydrogen-bond acceptors (Lipinski definition) is 4. The molecule has 6 nitrogen and oxygen atoms in total. The molecular formula is C42H36N6. The van der Waals surface area contributed by atoms with Gasteiger partial charge in [-0.15, -0.1) is 0 Å². The molecule has 0 amide bonds. The van der Waals surface area contributed by atoms with Gasteiger partial charge in [-0.2, -0.15) is 0 Å². The molecule has 0 aliphatic carbocycles. The Labute approximate surface area is 278 Å². The maximum absolute atomic E-state index is 5.40. The van der Waals surface area contributed by atoms with E-state index in [9.17, 15) is 0 Å². The Hall–Kier alpha value is -5.62. The third-order valence-corrected chi connectivity index (χ3v) is 9.50. The van der Waals surface area contributed by atoms with Gasteiger partial charge in [0.1, 0.15) is 22.9 Å². The van der Waals surface area contributed by atoms with Crippen molar-refractivity contribution >= 4 is 55.2 Å². The van der Waals surface area contributed by atoms with Crippen LogP contribution in [-0.2, 0) is 10.8 Å². The maximum atomic E-state index is 5.40. The molecule has 0 unspecified atom stereocenters. The number of para-hydroxylation sites is 4. The van der Waals surface area contributed by atoms with Crippen molar-refractivity contribution in [1.82, 2.24) is 28.7 Å². The number of nitrogens with zero attached hydrogens (tertiary/aromatic N) is 6. The van der Waals surface area contributed by atoms with Crippen molar-refractivity contribution in [3.05, 3.63) is 121 Å². The molecule has 0 radical (unpaired) electrons. The average Bonchev–Trinajstić information content (AvgIpc) is 3.66. The summed E-state index contributed by atoms with van der Waals surface area (Å²) < 4.78 is 4.45. The highest BCUT2D eigenvalue weighted by atomic mass is 15.1. The van der Waals surface area contributed by atoms with Crippen molar-refractivity contribution in [2.45, 2.75) is 52.4 Å². The highest BCUT2D eigenvalue weighted by molar-refractivity contribution is 6.05. The average molecular weight is 625 g/mol. The number of rotatable bonds is 2. The normalized spacial score (nSPS) is 12.8. The zero-order chi connectivity index (χ0) is 32.9. The molecule has 0 spiro atoms. The van der Waals surface area contributed by atoms with Crippen LogP contribution < -0.4 is 0 Å². The first-order chi connectivity index (χ1) is 23.1. The summed E-state index contributed by atoms with van der Waals surface area (Å²) in [6, 6.07) is 38.4. The van der Waals surface area contributed by atoms with Crippen LogP contribution in [0.1, 0.15) is 52.9 Å². The standard InChI is InChI=1S/C42H36N6/c1-41(2,3)27-21-18-25(19-22-27)37-43-31-15-8-7-12-29(31)38-45-33-24-26(20-23-35(33)47(37)38)28-13-11-14-30-36(28)46-40(42(4,5)6)48-34-17-10-9-16-32(34)44-39(30)48/h7-24H,1-6H3. The fraction of sp³-hybridized carbons (Fsp3) is 0.190. The second kappa shape index (κ2) is 9.94. The van der Waals surface area contributed by atoms with E-state index in [0.29, 0.717) is 0 Å². The van der Waals surface area contributed by atoms with Crippen molar-refractivity contribution in [1.29, 1.82) is 0 Å². The Kier molecular flexibility index (Phi) is 5.92. The van der Waals surface area contributed by atoms with Crippen LogP contribution in [0.3, 0.4) is 0 Å². The fourth-order valence-corrected chi connectivity index (χ4v) is 7.04. The topological polar surface area (TPSA) is 60.4 Å². The minimum absolute atomic E-state index is 0.0731. The van der Waals surface area contributed by atoms with Crippen LogP contribution in [0, 0.1) is 0 Å². The first kappa shape index (κ1) is 28.6. The summed E-state index contributed by atoms with van der Waals surface area (Å²) in [4.78, 5) is 21.0. The second-order valence-electron chi connectivity index (χ2n) is 14.9. The SMILES string of the molecule is CC(C)(C)c1ccc(-c2nc3ccccc3c3nc4cc(-c5cccc6c5nc(C(C)(C)C)n5c7ccccc7nc65)ccc4n23)cc1. The lowest BCUT2D eigenvalue weighted by Crippen LogP contribution is -2.19. The lowest BCUT2D eigenvalue weighted by Gasteiger charge is -2.21. The summed E-state index contributed by atoms with van der Waals surface area (Å²) in [5.41, 5.74) is 12.0. The van der Waals surface area contributed by atoms with Gasteiger partial charge in [-0.25, -0.2) is 19.9 Å². The smallest absolute Gasteiger partial charge is 0.149 e. The van der Waals surface area contributed by atoms with Crippen molar-refractivity contribution < 1.29 is 0 Å². The summed E-state index contributed by atoms with van der Waals surface area (Å²) in [6.45, 7) is 13.4. The molecule has 0 N–H and O–H groups in total. The van der Waals surface area contributed by atoms with Crippen molar-refractivity contribution in [2.24, 2.45) is 0 Å². The zero-order valence-corrected chi connectivity index (χ0v) is 28.1. The summed E-state index contributed by atoms with van der Waals surface area (Å²) in [5, 5.41) is 2.06. The van der Waals surface area contributed by atoms with E-state index >= 15 is 0 Å². The predicted molar refractivity (Wildman–Crippen MR) is 198 cm³/mol. The van der Waals surface area contributed by atoms with E-state index in [1.54, 1.807) is 0 Å². The Morgan fingerprint density at radius 2 is 1.12 bits per heavy atom. The summed E-state index contributed by atoms with van der Waals surface area (Å²) in [7, 11) is 0. The number of hydrogen-bond donors (Lipinski definition) is 0. The van der Waals surface area contributed by atoms with Crippen molar-refractivity contribution in [3.8, 4) is 22.5 Å². The molecule has 0 atom stereocenters. The van der Waals surface area contributed by atoms with Gasteiger partial charge in [0.15, 0.2) is 0 Å². The Balaban J connectivity index is 1.30. The lowest BCUT2D eigenvalue weighted by atomic mass is 9.86. The Bertz CT molecular complexity index is 2730. The van der Waals surface area contributed by atoms with Gasteiger partial charge in [-0.05, 0) is 59.0 Å². The minimum Gasteiger partial charge on any atom is -0.279 e. The van der Waals surface area contributed by atoms with Gasteiger partial charge >= 0.3 is 0 Å². The van der Waals surface area contributed by atoms with E-state index in [4.69, 9.17) is 19.9 Å². The highest BCUT2D eigenvalue weighted by Gasteiger charge is 2.25. The molecule has 0 saturated heterocycles. The van der Waals surface area contributed by atoms with Gasteiger partial charge in [-0.3, -0.25) is 8.80 Å². The Morgan fingerprint density at radius 3 is 1.90 bits per heavy atom. The van der Waals surface area contributed by atoms with E-state index in [2.05, 4.69) is 147 Å². The number of fused-ring (bicyclic) bond motifs is 10. The van der Waals surface area contributed by atoms with Crippen molar-refractivity contribution in [3.63, 3.8) is 0 Å². The molecule has 9 aromatic rings. The molecule has 0 saturated carbocycles. The summed E-state index contributed by atoms with van der Waals surface area (Å²) in [6.07, 6.45) is 0. The molecule has 4 aromatic heterocycles. The van der Waals surface area contributed by atoms with Gasteiger partial charge < -0.3 is 0 Å². The number of imidazole rings is 2. The Morgan fingerprint density at radius 1 is 0.479 bits per heavy atom. The third kappa shape index (κ3) is 4.25. The first-order valence-corrected chi connectivity index (χ1v) is 16.6. The predicted octanol–water partition coefficient (Wildman–Crippen LogP) is 10.3. The summed E-state index contributed by atoms with van der Waals surface area (Å²) in [5.74, 6) is 1.87.